The van der Waals surface area contributed by atoms with Gasteiger partial charge in [-0.2, -0.15) is 0 Å². The number of hydrogen-bond donors (Lipinski definition) is 0. The minimum Gasteiger partial charge on any atom is -0.253 e. The average Bonchev–Trinajstić information content (AvgIpc) is 3.56. The van der Waals surface area contributed by atoms with Gasteiger partial charge < -0.3 is 0 Å². The van der Waals surface area contributed by atoms with E-state index in [1.165, 1.54) is 11.3 Å². The molecular formula is C31H65N3S2. The Bertz CT molecular complexity index is 455. The zero-order chi connectivity index (χ0) is 29.0. The summed E-state index contributed by atoms with van der Waals surface area (Å²) in [5, 5.41) is 8.91. The van der Waals surface area contributed by atoms with Crippen LogP contribution in [0.15, 0.2) is 64.5 Å². The fraction of sp³-hybridized carbons (Fsp3) is 0.645. The van der Waals surface area contributed by atoms with Crippen molar-refractivity contribution in [2.45, 2.75) is 118 Å². The van der Waals surface area contributed by atoms with Gasteiger partial charge in [0.05, 0.1) is 5.51 Å². The summed E-state index contributed by atoms with van der Waals surface area (Å²) in [6.45, 7) is 33.8. The topological polar surface area (TPSA) is 38.7 Å². The van der Waals surface area contributed by atoms with Crippen LogP contribution in [0.1, 0.15) is 118 Å². The van der Waals surface area contributed by atoms with E-state index in [9.17, 15) is 0 Å². The Balaban J connectivity index is -0.0000000538. The maximum atomic E-state index is 3.74. The standard InChI is InChI=1S/C6H6.C5H12.2C4H10.C3H3NS.C2H2N2S.3C2H6.CH4/c1-2-4-6-5-3-1;1-5(2,3)4;2*1-4(2)3;1-2-5-3-4-1;1-3-4-2-5-1;3*1-2;/h1-6H;1-4H3;2*4H,1-3H3;1-3H;1-2H;3*1-2H3;1H4. The lowest BCUT2D eigenvalue weighted by Gasteiger charge is -2.05. The Labute approximate surface area is 237 Å². The van der Waals surface area contributed by atoms with E-state index >= 15 is 0 Å². The average molecular weight is 544 g/mol. The highest BCUT2D eigenvalue weighted by molar-refractivity contribution is 7.07. The van der Waals surface area contributed by atoms with E-state index < -0.39 is 0 Å². The molecule has 0 radical (unpaired) electrons. The largest absolute Gasteiger partial charge is 0.253 e. The molecule has 36 heavy (non-hydrogen) atoms. The monoisotopic (exact) mass is 543 g/mol. The zero-order valence-corrected chi connectivity index (χ0v) is 27.8. The molecule has 0 aliphatic rings. The molecule has 3 rings (SSSR count). The van der Waals surface area contributed by atoms with Gasteiger partial charge in [-0.15, -0.1) is 32.9 Å². The zero-order valence-electron chi connectivity index (χ0n) is 26.2. The maximum absolute atomic E-state index is 3.74. The Kier molecular flexibility index (Phi) is 71.5. The van der Waals surface area contributed by atoms with Crippen LogP contribution in [0.4, 0.5) is 0 Å². The first kappa shape index (κ1) is 51.1. The van der Waals surface area contributed by atoms with Gasteiger partial charge >= 0.3 is 0 Å². The lowest BCUT2D eigenvalue weighted by Crippen LogP contribution is -1.93. The van der Waals surface area contributed by atoms with Crippen LogP contribution in [0.5, 0.6) is 0 Å². The maximum Gasteiger partial charge on any atom is 0.103 e. The van der Waals surface area contributed by atoms with Gasteiger partial charge in [-0.3, -0.25) is 4.98 Å². The second-order valence-electron chi connectivity index (χ2n) is 8.87. The molecule has 3 nitrogen and oxygen atoms in total. The third-order valence-corrected chi connectivity index (χ3v) is 2.25. The first-order valence-corrected chi connectivity index (χ1v) is 14.9. The van der Waals surface area contributed by atoms with Gasteiger partial charge in [-0.25, -0.2) is 0 Å². The molecule has 0 unspecified atom stereocenters. The molecule has 0 atom stereocenters. The number of nitrogens with zero attached hydrogens (tertiary/aromatic N) is 3. The molecule has 0 fully saturated rings. The summed E-state index contributed by atoms with van der Waals surface area (Å²) in [5.74, 6) is 1.67. The van der Waals surface area contributed by atoms with E-state index in [0.29, 0.717) is 5.41 Å². The van der Waals surface area contributed by atoms with Gasteiger partial charge in [0, 0.05) is 11.6 Å². The molecule has 216 valence electrons. The first-order chi connectivity index (χ1) is 16.5. The summed E-state index contributed by atoms with van der Waals surface area (Å²) in [7, 11) is 0. The molecule has 2 heterocycles. The van der Waals surface area contributed by atoms with Crippen molar-refractivity contribution in [2.75, 3.05) is 0 Å². The SMILES string of the molecule is C.CC.CC.CC.CC(C)(C)C.CC(C)C.CC(C)C.c1ccccc1.c1cscn1.c1nncs1. The molecule has 0 spiro atoms. The van der Waals surface area contributed by atoms with Gasteiger partial charge in [0.25, 0.3) is 0 Å². The Hall–Kier alpha value is -1.59. The van der Waals surface area contributed by atoms with Crippen molar-refractivity contribution in [1.29, 1.82) is 0 Å². The summed E-state index contributed by atoms with van der Waals surface area (Å²) in [6, 6.07) is 12.0. The van der Waals surface area contributed by atoms with Gasteiger partial charge in [0.2, 0.25) is 0 Å². The number of benzene rings is 1. The molecule has 3 aromatic rings. The van der Waals surface area contributed by atoms with Crippen LogP contribution in [-0.2, 0) is 0 Å². The van der Waals surface area contributed by atoms with E-state index in [0.717, 1.165) is 11.8 Å². The van der Waals surface area contributed by atoms with Crippen molar-refractivity contribution in [1.82, 2.24) is 15.2 Å². The van der Waals surface area contributed by atoms with Crippen molar-refractivity contribution in [3.05, 3.63) is 64.5 Å². The quantitative estimate of drug-likeness (QED) is 0.283. The molecule has 0 N–H and O–H groups in total. The smallest absolute Gasteiger partial charge is 0.103 e. The Morgan fingerprint density at radius 2 is 0.778 bits per heavy atom. The molecular weight excluding hydrogens is 478 g/mol. The van der Waals surface area contributed by atoms with Crippen LogP contribution in [0.25, 0.3) is 0 Å². The van der Waals surface area contributed by atoms with E-state index in [1.54, 1.807) is 34.1 Å². The molecule has 0 aliphatic carbocycles. The fourth-order valence-electron chi connectivity index (χ4n) is 0.697. The van der Waals surface area contributed by atoms with E-state index in [2.05, 4.69) is 84.4 Å². The minimum absolute atomic E-state index is 0. The van der Waals surface area contributed by atoms with Crippen molar-refractivity contribution < 1.29 is 0 Å². The predicted molar refractivity (Wildman–Crippen MR) is 175 cm³/mol. The minimum atomic E-state index is 0. The van der Waals surface area contributed by atoms with Gasteiger partial charge in [-0.1, -0.05) is 155 Å². The van der Waals surface area contributed by atoms with Crippen molar-refractivity contribution >= 4 is 22.7 Å². The number of rotatable bonds is 0. The lowest BCUT2D eigenvalue weighted by molar-refractivity contribution is 0.469. The molecule has 5 heteroatoms. The summed E-state index contributed by atoms with van der Waals surface area (Å²) < 4.78 is 0. The van der Waals surface area contributed by atoms with Gasteiger partial charge in [0.15, 0.2) is 0 Å². The van der Waals surface area contributed by atoms with Crippen molar-refractivity contribution in [3.8, 4) is 0 Å². The lowest BCUT2D eigenvalue weighted by atomic mass is 10.0. The predicted octanol–water partition coefficient (Wildman–Crippen LogP) is 12.5. The van der Waals surface area contributed by atoms with Crippen LogP contribution in [0, 0.1) is 17.3 Å². The Morgan fingerprint density at radius 1 is 0.528 bits per heavy atom. The van der Waals surface area contributed by atoms with Crippen molar-refractivity contribution in [3.63, 3.8) is 0 Å². The summed E-state index contributed by atoms with van der Waals surface area (Å²) in [6.07, 6.45) is 1.77. The number of thiazole rings is 1. The van der Waals surface area contributed by atoms with E-state index in [4.69, 9.17) is 0 Å². The summed E-state index contributed by atoms with van der Waals surface area (Å²) in [5.41, 5.74) is 5.65. The molecule has 1 aromatic carbocycles. The van der Waals surface area contributed by atoms with E-state index in [-0.39, 0.29) is 7.43 Å². The first-order valence-electron chi connectivity index (χ1n) is 13.0. The van der Waals surface area contributed by atoms with Gasteiger partial charge in [0.1, 0.15) is 11.0 Å². The highest BCUT2D eigenvalue weighted by Crippen LogP contribution is 2.08. The number of aromatic nitrogens is 3. The fourth-order valence-corrected chi connectivity index (χ4v) is 1.32. The van der Waals surface area contributed by atoms with Crippen LogP contribution < -0.4 is 0 Å². The second-order valence-corrected chi connectivity index (χ2v) is 10.3. The van der Waals surface area contributed by atoms with Gasteiger partial charge in [-0.05, 0) is 17.3 Å². The van der Waals surface area contributed by atoms with E-state index in [1.807, 2.05) is 83.3 Å². The summed E-state index contributed by atoms with van der Waals surface area (Å²) >= 11 is 3.09. The number of hydrogen-bond acceptors (Lipinski definition) is 5. The molecule has 2 aromatic heterocycles. The third-order valence-electron chi connectivity index (χ3n) is 1.30. The Morgan fingerprint density at radius 3 is 0.861 bits per heavy atom. The van der Waals surface area contributed by atoms with Crippen LogP contribution >= 0.6 is 22.7 Å². The molecule has 0 saturated carbocycles. The normalized spacial score (nSPS) is 7.72. The molecule has 0 bridgehead atoms. The third kappa shape index (κ3) is 154. The molecule has 0 saturated heterocycles. The highest BCUT2D eigenvalue weighted by Gasteiger charge is 1.95. The molecule has 0 amide bonds. The van der Waals surface area contributed by atoms with Crippen LogP contribution in [0.3, 0.4) is 0 Å². The molecule has 0 aliphatic heterocycles. The van der Waals surface area contributed by atoms with Crippen LogP contribution in [0.2, 0.25) is 0 Å². The van der Waals surface area contributed by atoms with Crippen molar-refractivity contribution in [2.24, 2.45) is 17.3 Å². The van der Waals surface area contributed by atoms with Crippen LogP contribution in [-0.4, -0.2) is 15.2 Å². The highest BCUT2D eigenvalue weighted by atomic mass is 32.1. The summed E-state index contributed by atoms with van der Waals surface area (Å²) in [4.78, 5) is 3.74. The second kappa shape index (κ2) is 50.3.